The summed E-state index contributed by atoms with van der Waals surface area (Å²) in [5.41, 5.74) is 2.30. The third-order valence-corrected chi connectivity index (χ3v) is 2.66. The van der Waals surface area contributed by atoms with Crippen LogP contribution in [0.15, 0.2) is 59.5 Å². The lowest BCUT2D eigenvalue weighted by molar-refractivity contribution is 1.77. The third kappa shape index (κ3) is 2.07. The molecule has 64 valence electrons. The normalized spacial score (nSPS) is 15.7. The van der Waals surface area contributed by atoms with Crippen molar-refractivity contribution in [3.05, 3.63) is 64.4 Å². The van der Waals surface area contributed by atoms with Crippen molar-refractivity contribution in [2.24, 2.45) is 0 Å². The minimum atomic E-state index is 1.07. The minimum absolute atomic E-state index is 1.07. The zero-order valence-electron chi connectivity index (χ0n) is 7.23. The van der Waals surface area contributed by atoms with Gasteiger partial charge in [-0.2, -0.15) is 0 Å². The molecule has 0 saturated carbocycles. The van der Waals surface area contributed by atoms with E-state index in [-0.39, 0.29) is 0 Å². The van der Waals surface area contributed by atoms with Gasteiger partial charge in [0.2, 0.25) is 0 Å². The van der Waals surface area contributed by atoms with Crippen molar-refractivity contribution in [1.29, 1.82) is 0 Å². The predicted octanol–water partition coefficient (Wildman–Crippen LogP) is 3.81. The van der Waals surface area contributed by atoms with Crippen molar-refractivity contribution in [3.63, 3.8) is 0 Å². The molecule has 0 bridgehead atoms. The van der Waals surface area contributed by atoms with Crippen molar-refractivity contribution in [2.75, 3.05) is 0 Å². The Labute approximate surface area is 82.2 Å². The number of hydrogen-bond donors (Lipinski definition) is 0. The first kappa shape index (κ1) is 8.27. The lowest BCUT2D eigenvalue weighted by atomic mass is 10.2. The molecule has 1 aromatic rings. The summed E-state index contributed by atoms with van der Waals surface area (Å²) in [6.07, 6.45) is 10.4. The Morgan fingerprint density at radius 3 is 2.77 bits per heavy atom. The zero-order valence-corrected chi connectivity index (χ0v) is 8.05. The fraction of sp³-hybridized carbons (Fsp3) is 0. The van der Waals surface area contributed by atoms with E-state index < -0.39 is 0 Å². The van der Waals surface area contributed by atoms with Gasteiger partial charge >= 0.3 is 0 Å². The molecule has 0 fully saturated rings. The summed E-state index contributed by atoms with van der Waals surface area (Å²) in [5.74, 6) is 0. The van der Waals surface area contributed by atoms with Crippen molar-refractivity contribution >= 4 is 17.4 Å². The van der Waals surface area contributed by atoms with Crippen LogP contribution in [0.25, 0.3) is 6.08 Å². The Morgan fingerprint density at radius 2 is 2.15 bits per heavy atom. The monoisotopic (exact) mass is 186 g/mol. The summed E-state index contributed by atoms with van der Waals surface area (Å²) in [6.45, 7) is 3.85. The second-order valence-electron chi connectivity index (χ2n) is 2.90. The van der Waals surface area contributed by atoms with Gasteiger partial charge in [0.15, 0.2) is 0 Å². The number of rotatable bonds is 2. The SMILES string of the molecule is C=C1C=CC(/C=C/c2cccs2)=C1. The maximum Gasteiger partial charge on any atom is 0.0270 e. The van der Waals surface area contributed by atoms with Gasteiger partial charge in [0.1, 0.15) is 0 Å². The molecule has 1 heteroatoms. The van der Waals surface area contributed by atoms with Gasteiger partial charge in [0, 0.05) is 4.88 Å². The molecule has 0 radical (unpaired) electrons. The fourth-order valence-electron chi connectivity index (χ4n) is 1.18. The van der Waals surface area contributed by atoms with Gasteiger partial charge in [-0.15, -0.1) is 11.3 Å². The summed E-state index contributed by atoms with van der Waals surface area (Å²) in [6, 6.07) is 4.16. The van der Waals surface area contributed by atoms with E-state index in [1.807, 2.05) is 6.08 Å². The van der Waals surface area contributed by atoms with Crippen molar-refractivity contribution in [3.8, 4) is 0 Å². The Kier molecular flexibility index (Phi) is 2.28. The van der Waals surface area contributed by atoms with Crippen LogP contribution in [-0.2, 0) is 0 Å². The van der Waals surface area contributed by atoms with E-state index in [0.29, 0.717) is 0 Å². The van der Waals surface area contributed by atoms with Crippen LogP contribution < -0.4 is 0 Å². The summed E-state index contributed by atoms with van der Waals surface area (Å²) < 4.78 is 0. The van der Waals surface area contributed by atoms with E-state index in [0.717, 1.165) is 5.57 Å². The van der Waals surface area contributed by atoms with Crippen LogP contribution >= 0.6 is 11.3 Å². The van der Waals surface area contributed by atoms with E-state index in [1.165, 1.54) is 10.5 Å². The molecule has 0 spiro atoms. The Balaban J connectivity index is 2.11. The van der Waals surface area contributed by atoms with Crippen molar-refractivity contribution in [1.82, 2.24) is 0 Å². The molecule has 2 rings (SSSR count). The number of allylic oxidation sites excluding steroid dienone is 6. The molecule has 0 atom stereocenters. The van der Waals surface area contributed by atoms with E-state index in [2.05, 4.69) is 48.4 Å². The molecular weight excluding hydrogens is 176 g/mol. The highest BCUT2D eigenvalue weighted by atomic mass is 32.1. The first-order valence-electron chi connectivity index (χ1n) is 4.15. The molecule has 1 aromatic heterocycles. The lowest BCUT2D eigenvalue weighted by Gasteiger charge is -1.85. The molecule has 1 aliphatic rings. The maximum absolute atomic E-state index is 3.85. The molecule has 0 nitrogen and oxygen atoms in total. The smallest absolute Gasteiger partial charge is 0.0270 e. The first-order chi connectivity index (χ1) is 6.34. The van der Waals surface area contributed by atoms with Gasteiger partial charge < -0.3 is 0 Å². The molecule has 1 heterocycles. The predicted molar refractivity (Wildman–Crippen MR) is 59.7 cm³/mol. The third-order valence-electron chi connectivity index (χ3n) is 1.83. The van der Waals surface area contributed by atoms with Gasteiger partial charge in [-0.1, -0.05) is 30.9 Å². The highest BCUT2D eigenvalue weighted by Gasteiger charge is 1.95. The van der Waals surface area contributed by atoms with E-state index in [9.17, 15) is 0 Å². The van der Waals surface area contributed by atoms with Crippen molar-refractivity contribution in [2.45, 2.75) is 0 Å². The maximum atomic E-state index is 3.85. The average molecular weight is 186 g/mol. The Morgan fingerprint density at radius 1 is 1.23 bits per heavy atom. The minimum Gasteiger partial charge on any atom is -0.144 e. The quantitative estimate of drug-likeness (QED) is 0.658. The molecule has 13 heavy (non-hydrogen) atoms. The lowest BCUT2D eigenvalue weighted by Crippen LogP contribution is -1.64. The number of hydrogen-bond acceptors (Lipinski definition) is 1. The molecule has 1 aliphatic carbocycles. The van der Waals surface area contributed by atoms with Crippen LogP contribution in [0, 0.1) is 0 Å². The summed E-state index contributed by atoms with van der Waals surface area (Å²) in [5, 5.41) is 2.08. The topological polar surface area (TPSA) is 0 Å². The largest absolute Gasteiger partial charge is 0.144 e. The highest BCUT2D eigenvalue weighted by Crippen LogP contribution is 2.17. The Hall–Kier alpha value is -1.34. The molecule has 0 unspecified atom stereocenters. The van der Waals surface area contributed by atoms with Crippen LogP contribution in [0.4, 0.5) is 0 Å². The fourth-order valence-corrected chi connectivity index (χ4v) is 1.80. The van der Waals surface area contributed by atoms with Crippen LogP contribution in [-0.4, -0.2) is 0 Å². The van der Waals surface area contributed by atoms with Crippen LogP contribution in [0.3, 0.4) is 0 Å². The summed E-state index contributed by atoms with van der Waals surface area (Å²) in [4.78, 5) is 1.28. The van der Waals surface area contributed by atoms with Gasteiger partial charge in [0.25, 0.3) is 0 Å². The van der Waals surface area contributed by atoms with Gasteiger partial charge in [-0.3, -0.25) is 0 Å². The summed E-state index contributed by atoms with van der Waals surface area (Å²) >= 11 is 1.75. The molecule has 0 amide bonds. The van der Waals surface area contributed by atoms with Crippen LogP contribution in [0.5, 0.6) is 0 Å². The van der Waals surface area contributed by atoms with Gasteiger partial charge in [-0.25, -0.2) is 0 Å². The number of thiophene rings is 1. The van der Waals surface area contributed by atoms with Crippen LogP contribution in [0.2, 0.25) is 0 Å². The van der Waals surface area contributed by atoms with Gasteiger partial charge in [0.05, 0.1) is 0 Å². The van der Waals surface area contributed by atoms with Crippen molar-refractivity contribution < 1.29 is 0 Å². The summed E-state index contributed by atoms with van der Waals surface area (Å²) in [7, 11) is 0. The van der Waals surface area contributed by atoms with E-state index in [1.54, 1.807) is 11.3 Å². The van der Waals surface area contributed by atoms with Gasteiger partial charge in [-0.05, 0) is 34.7 Å². The van der Waals surface area contributed by atoms with E-state index in [4.69, 9.17) is 0 Å². The standard InChI is InChI=1S/C12H10S/c1-10-4-5-11(9-10)6-7-12-3-2-8-13-12/h2-9H,1H2/b7-6+. The zero-order chi connectivity index (χ0) is 9.10. The van der Waals surface area contributed by atoms with Crippen LogP contribution in [0.1, 0.15) is 4.88 Å². The molecule has 0 saturated heterocycles. The van der Waals surface area contributed by atoms with E-state index >= 15 is 0 Å². The first-order valence-corrected chi connectivity index (χ1v) is 5.03. The highest BCUT2D eigenvalue weighted by molar-refractivity contribution is 7.10. The second-order valence-corrected chi connectivity index (χ2v) is 3.88. The second kappa shape index (κ2) is 3.58. The molecular formula is C12H10S. The molecule has 0 N–H and O–H groups in total. The molecule has 0 aliphatic heterocycles. The molecule has 0 aromatic carbocycles. The average Bonchev–Trinajstić information content (AvgIpc) is 2.71. The Bertz CT molecular complexity index is 389.